The zero-order chi connectivity index (χ0) is 30.7. The van der Waals surface area contributed by atoms with Gasteiger partial charge in [0.25, 0.3) is 0 Å². The van der Waals surface area contributed by atoms with Crippen molar-refractivity contribution in [2.24, 2.45) is 0 Å². The monoisotopic (exact) mass is 580 g/mol. The molecule has 6 aromatic carbocycles. The summed E-state index contributed by atoms with van der Waals surface area (Å²) in [6.45, 7) is 9.17. The molecule has 0 fully saturated rings. The fourth-order valence-corrected chi connectivity index (χ4v) is 7.98. The molecule has 0 amide bonds. The van der Waals surface area contributed by atoms with E-state index < -0.39 is 0 Å². The summed E-state index contributed by atoms with van der Waals surface area (Å²) < 4.78 is 6.41. The Morgan fingerprint density at radius 3 is 1.49 bits per heavy atom. The third-order valence-corrected chi connectivity index (χ3v) is 10.5. The topological polar surface area (TPSA) is 30.2 Å². The molecule has 1 aromatic heterocycles. The van der Waals surface area contributed by atoms with Crippen molar-refractivity contribution in [2.75, 3.05) is 0 Å². The molecule has 2 aliphatic rings. The first kappa shape index (κ1) is 26.2. The molecular formula is C43H32O2. The van der Waals surface area contributed by atoms with Crippen LogP contribution < -0.4 is 5.43 Å². The van der Waals surface area contributed by atoms with Gasteiger partial charge in [-0.1, -0.05) is 113 Å². The van der Waals surface area contributed by atoms with Crippen LogP contribution in [0.5, 0.6) is 0 Å². The van der Waals surface area contributed by atoms with E-state index in [4.69, 9.17) is 4.42 Å². The van der Waals surface area contributed by atoms with E-state index in [1.165, 1.54) is 44.5 Å². The van der Waals surface area contributed by atoms with Crippen LogP contribution in [0.25, 0.3) is 66.4 Å². The lowest BCUT2D eigenvalue weighted by molar-refractivity contribution is 0.659. The third-order valence-electron chi connectivity index (χ3n) is 10.5. The van der Waals surface area contributed by atoms with Crippen molar-refractivity contribution in [3.63, 3.8) is 0 Å². The Kier molecular flexibility index (Phi) is 5.20. The maximum atomic E-state index is 13.9. The molecule has 0 unspecified atom stereocenters. The molecule has 0 radical (unpaired) electrons. The lowest BCUT2D eigenvalue weighted by atomic mass is 9.81. The molecule has 7 aromatic rings. The summed E-state index contributed by atoms with van der Waals surface area (Å²) in [5.41, 5.74) is 15.9. The quantitative estimate of drug-likeness (QED) is 0.190. The zero-order valence-electron chi connectivity index (χ0n) is 25.9. The number of fused-ring (bicyclic) bond motifs is 8. The number of hydrogen-bond donors (Lipinski definition) is 0. The van der Waals surface area contributed by atoms with Crippen LogP contribution in [-0.2, 0) is 10.8 Å². The molecule has 0 spiro atoms. The summed E-state index contributed by atoms with van der Waals surface area (Å²) in [7, 11) is 0. The van der Waals surface area contributed by atoms with E-state index in [0.29, 0.717) is 21.9 Å². The standard InChI is InChI=1S/C43H32O2/c1-42(2)35-11-7-5-9-29(35)31-17-13-26(22-37(31)42)25-16-20-39-34(21-25)41(44)33-19-15-28(24-40(33)45-39)27-14-18-32-30-10-6-8-12-36(30)43(3,4)38(32)23-27/h5-24H,1-4H3. The Morgan fingerprint density at radius 1 is 0.422 bits per heavy atom. The lowest BCUT2D eigenvalue weighted by Crippen LogP contribution is -2.14. The van der Waals surface area contributed by atoms with Gasteiger partial charge < -0.3 is 4.42 Å². The van der Waals surface area contributed by atoms with Crippen LogP contribution in [0.1, 0.15) is 49.9 Å². The van der Waals surface area contributed by atoms with Crippen molar-refractivity contribution in [3.05, 3.63) is 154 Å². The first-order valence-electron chi connectivity index (χ1n) is 15.7. The van der Waals surface area contributed by atoms with Crippen molar-refractivity contribution in [2.45, 2.75) is 38.5 Å². The Morgan fingerprint density at radius 2 is 0.889 bits per heavy atom. The van der Waals surface area contributed by atoms with Gasteiger partial charge in [-0.25, -0.2) is 0 Å². The second-order valence-corrected chi connectivity index (χ2v) is 13.7. The minimum atomic E-state index is -0.0791. The second kappa shape index (κ2) is 8.92. The smallest absolute Gasteiger partial charge is 0.200 e. The molecular weight excluding hydrogens is 548 g/mol. The van der Waals surface area contributed by atoms with Gasteiger partial charge in [0.15, 0.2) is 0 Å². The highest BCUT2D eigenvalue weighted by molar-refractivity contribution is 5.94. The molecule has 216 valence electrons. The number of hydrogen-bond acceptors (Lipinski definition) is 2. The molecule has 2 heteroatoms. The van der Waals surface area contributed by atoms with E-state index in [2.05, 4.69) is 119 Å². The maximum Gasteiger partial charge on any atom is 0.200 e. The second-order valence-electron chi connectivity index (χ2n) is 13.7. The van der Waals surface area contributed by atoms with Crippen LogP contribution in [0.3, 0.4) is 0 Å². The van der Waals surface area contributed by atoms with E-state index in [9.17, 15) is 4.79 Å². The van der Waals surface area contributed by atoms with Gasteiger partial charge in [-0.15, -0.1) is 0 Å². The first-order valence-corrected chi connectivity index (χ1v) is 15.7. The van der Waals surface area contributed by atoms with Crippen molar-refractivity contribution >= 4 is 21.9 Å². The molecule has 2 nitrogen and oxygen atoms in total. The molecule has 0 N–H and O–H groups in total. The number of benzene rings is 6. The molecule has 0 atom stereocenters. The molecule has 1 heterocycles. The van der Waals surface area contributed by atoms with Gasteiger partial charge in [0.1, 0.15) is 11.2 Å². The average Bonchev–Trinajstić information content (AvgIpc) is 3.44. The highest BCUT2D eigenvalue weighted by atomic mass is 16.3. The van der Waals surface area contributed by atoms with E-state index >= 15 is 0 Å². The fourth-order valence-electron chi connectivity index (χ4n) is 7.98. The van der Waals surface area contributed by atoms with Crippen molar-refractivity contribution < 1.29 is 4.42 Å². The largest absolute Gasteiger partial charge is 0.456 e. The number of rotatable bonds is 2. The van der Waals surface area contributed by atoms with Crippen LogP contribution in [0.2, 0.25) is 0 Å². The Labute approximate surface area is 262 Å². The molecule has 0 aliphatic heterocycles. The zero-order valence-corrected chi connectivity index (χ0v) is 25.9. The third kappa shape index (κ3) is 3.60. The van der Waals surface area contributed by atoms with Gasteiger partial charge in [-0.3, -0.25) is 4.79 Å². The van der Waals surface area contributed by atoms with E-state index in [1.54, 1.807) is 0 Å². The Bertz CT molecular complexity index is 2450. The predicted molar refractivity (Wildman–Crippen MR) is 186 cm³/mol. The van der Waals surface area contributed by atoms with Crippen LogP contribution in [-0.4, -0.2) is 0 Å². The minimum absolute atomic E-state index is 0.000851. The predicted octanol–water partition coefficient (Wildman–Crippen LogP) is 10.9. The summed E-state index contributed by atoms with van der Waals surface area (Å²) in [5, 5.41) is 1.20. The summed E-state index contributed by atoms with van der Waals surface area (Å²) >= 11 is 0. The van der Waals surface area contributed by atoms with Gasteiger partial charge in [0.2, 0.25) is 5.43 Å². The van der Waals surface area contributed by atoms with Crippen molar-refractivity contribution in [3.8, 4) is 44.5 Å². The van der Waals surface area contributed by atoms with E-state index in [1.807, 2.05) is 30.3 Å². The van der Waals surface area contributed by atoms with Gasteiger partial charge in [0.05, 0.1) is 10.8 Å². The average molecular weight is 581 g/mol. The first-order chi connectivity index (χ1) is 21.7. The molecule has 0 bridgehead atoms. The van der Waals surface area contributed by atoms with Crippen LogP contribution in [0.15, 0.2) is 131 Å². The molecule has 9 rings (SSSR count). The summed E-state index contributed by atoms with van der Waals surface area (Å²) in [4.78, 5) is 13.9. The Balaban J connectivity index is 1.12. The van der Waals surface area contributed by atoms with E-state index in [0.717, 1.165) is 22.3 Å². The maximum absolute atomic E-state index is 13.9. The van der Waals surface area contributed by atoms with Crippen LogP contribution >= 0.6 is 0 Å². The van der Waals surface area contributed by atoms with Gasteiger partial charge in [-0.2, -0.15) is 0 Å². The highest BCUT2D eigenvalue weighted by Gasteiger charge is 2.36. The fraction of sp³-hybridized carbons (Fsp3) is 0.140. The van der Waals surface area contributed by atoms with Crippen LogP contribution in [0.4, 0.5) is 0 Å². The summed E-state index contributed by atoms with van der Waals surface area (Å²) in [6, 6.07) is 42.8. The van der Waals surface area contributed by atoms with Crippen LogP contribution in [0, 0.1) is 0 Å². The SMILES string of the molecule is CC1(C)c2ccccc2-c2ccc(-c3ccc4c(=O)c5cc(-c6ccc7c(c6)C(C)(C)c6ccccc6-7)ccc5oc4c3)cc21. The summed E-state index contributed by atoms with van der Waals surface area (Å²) in [6.07, 6.45) is 0. The summed E-state index contributed by atoms with van der Waals surface area (Å²) in [5.74, 6) is 0. The molecule has 2 aliphatic carbocycles. The molecule has 0 saturated carbocycles. The lowest BCUT2D eigenvalue weighted by Gasteiger charge is -2.22. The minimum Gasteiger partial charge on any atom is -0.456 e. The molecule has 45 heavy (non-hydrogen) atoms. The van der Waals surface area contributed by atoms with E-state index in [-0.39, 0.29) is 16.3 Å². The highest BCUT2D eigenvalue weighted by Crippen LogP contribution is 2.51. The van der Waals surface area contributed by atoms with Gasteiger partial charge >= 0.3 is 0 Å². The molecule has 0 saturated heterocycles. The Hall–Kier alpha value is -5.21. The van der Waals surface area contributed by atoms with Crippen molar-refractivity contribution in [1.82, 2.24) is 0 Å². The normalized spacial score (nSPS) is 15.1. The van der Waals surface area contributed by atoms with Crippen molar-refractivity contribution in [1.29, 1.82) is 0 Å². The van der Waals surface area contributed by atoms with Gasteiger partial charge in [0, 0.05) is 10.8 Å². The van der Waals surface area contributed by atoms with Gasteiger partial charge in [-0.05, 0) is 103 Å².